The molecule has 0 aliphatic heterocycles. The van der Waals surface area contributed by atoms with Crippen molar-refractivity contribution in [2.24, 2.45) is 0 Å². The zero-order valence-electron chi connectivity index (χ0n) is 10.5. The Morgan fingerprint density at radius 2 is 2.22 bits per heavy atom. The molecule has 0 aliphatic rings. The monoisotopic (exact) mass is 316 g/mol. The quantitative estimate of drug-likeness (QED) is 0.477. The number of ether oxygens (including phenoxy) is 1. The standard InChI is InChI=1S/C12H17BrN2O3/c1-3-14-5-4-6-18-12-9(2)7-10(13)8-11(12)15(16)17/h7-8,14H,3-6H2,1-2H3. The Kier molecular flexibility index (Phi) is 6.07. The van der Waals surface area contributed by atoms with Gasteiger partial charge in [-0.05, 0) is 38.1 Å². The summed E-state index contributed by atoms with van der Waals surface area (Å²) in [6, 6.07) is 3.28. The third kappa shape index (κ3) is 4.27. The van der Waals surface area contributed by atoms with E-state index in [1.165, 1.54) is 6.07 Å². The number of hydrogen-bond acceptors (Lipinski definition) is 4. The van der Waals surface area contributed by atoms with Crippen LogP contribution < -0.4 is 10.1 Å². The highest BCUT2D eigenvalue weighted by Crippen LogP contribution is 2.34. The van der Waals surface area contributed by atoms with Gasteiger partial charge in [0.25, 0.3) is 0 Å². The molecule has 0 aliphatic carbocycles. The highest BCUT2D eigenvalue weighted by atomic mass is 79.9. The lowest BCUT2D eigenvalue weighted by atomic mass is 10.2. The van der Waals surface area contributed by atoms with Gasteiger partial charge in [-0.3, -0.25) is 10.1 Å². The average molecular weight is 317 g/mol. The van der Waals surface area contributed by atoms with Gasteiger partial charge >= 0.3 is 5.69 Å². The molecule has 6 heteroatoms. The minimum Gasteiger partial charge on any atom is -0.487 e. The lowest BCUT2D eigenvalue weighted by Gasteiger charge is -2.10. The molecule has 1 aromatic rings. The number of halogens is 1. The van der Waals surface area contributed by atoms with Gasteiger partial charge in [0.2, 0.25) is 0 Å². The first-order valence-electron chi connectivity index (χ1n) is 5.84. The molecule has 0 fully saturated rings. The Bertz CT molecular complexity index is 424. The molecule has 0 saturated heterocycles. The molecule has 1 rings (SSSR count). The van der Waals surface area contributed by atoms with Gasteiger partial charge in [0, 0.05) is 10.5 Å². The second-order valence-electron chi connectivity index (χ2n) is 3.88. The van der Waals surface area contributed by atoms with Crippen LogP contribution in [0.1, 0.15) is 18.9 Å². The van der Waals surface area contributed by atoms with Crippen molar-refractivity contribution in [2.45, 2.75) is 20.3 Å². The number of hydrogen-bond donors (Lipinski definition) is 1. The molecule has 0 heterocycles. The lowest BCUT2D eigenvalue weighted by Crippen LogP contribution is -2.16. The Morgan fingerprint density at radius 3 is 2.83 bits per heavy atom. The summed E-state index contributed by atoms with van der Waals surface area (Å²) in [5.74, 6) is 0.361. The minimum atomic E-state index is -0.419. The van der Waals surface area contributed by atoms with Crippen LogP contribution in [0.15, 0.2) is 16.6 Å². The average Bonchev–Trinajstić information content (AvgIpc) is 2.30. The summed E-state index contributed by atoms with van der Waals surface area (Å²) < 4.78 is 6.22. The fourth-order valence-corrected chi connectivity index (χ4v) is 2.14. The zero-order chi connectivity index (χ0) is 13.5. The number of benzene rings is 1. The number of aryl methyl sites for hydroxylation is 1. The first-order chi connectivity index (χ1) is 8.56. The van der Waals surface area contributed by atoms with E-state index in [4.69, 9.17) is 4.74 Å². The second-order valence-corrected chi connectivity index (χ2v) is 4.80. The zero-order valence-corrected chi connectivity index (χ0v) is 12.1. The summed E-state index contributed by atoms with van der Waals surface area (Å²) in [7, 11) is 0. The van der Waals surface area contributed by atoms with Crippen LogP contribution >= 0.6 is 15.9 Å². The third-order valence-corrected chi connectivity index (χ3v) is 2.87. The lowest BCUT2D eigenvalue weighted by molar-refractivity contribution is -0.386. The first-order valence-corrected chi connectivity index (χ1v) is 6.63. The molecule has 100 valence electrons. The fourth-order valence-electron chi connectivity index (χ4n) is 1.58. The van der Waals surface area contributed by atoms with Crippen molar-refractivity contribution in [1.29, 1.82) is 0 Å². The largest absolute Gasteiger partial charge is 0.487 e. The highest BCUT2D eigenvalue weighted by molar-refractivity contribution is 9.10. The molecule has 0 unspecified atom stereocenters. The van der Waals surface area contributed by atoms with Gasteiger partial charge in [-0.2, -0.15) is 0 Å². The van der Waals surface area contributed by atoms with E-state index < -0.39 is 4.92 Å². The Balaban J connectivity index is 2.71. The summed E-state index contributed by atoms with van der Waals surface area (Å²) >= 11 is 3.25. The molecule has 0 spiro atoms. The summed E-state index contributed by atoms with van der Waals surface area (Å²) in [5.41, 5.74) is 0.768. The molecule has 5 nitrogen and oxygen atoms in total. The molecule has 0 radical (unpaired) electrons. The Morgan fingerprint density at radius 1 is 1.50 bits per heavy atom. The van der Waals surface area contributed by atoms with Crippen LogP contribution in [0.4, 0.5) is 5.69 Å². The normalized spacial score (nSPS) is 10.4. The van der Waals surface area contributed by atoms with Gasteiger partial charge < -0.3 is 10.1 Å². The summed E-state index contributed by atoms with van der Waals surface area (Å²) in [5, 5.41) is 14.1. The molecule has 0 saturated carbocycles. The maximum absolute atomic E-state index is 11.0. The summed E-state index contributed by atoms with van der Waals surface area (Å²) in [6.07, 6.45) is 0.820. The smallest absolute Gasteiger partial charge is 0.312 e. The van der Waals surface area contributed by atoms with Crippen molar-refractivity contribution in [3.63, 3.8) is 0 Å². The number of rotatable bonds is 7. The van der Waals surface area contributed by atoms with E-state index in [0.29, 0.717) is 16.8 Å². The third-order valence-electron chi connectivity index (χ3n) is 2.41. The predicted molar refractivity (Wildman–Crippen MR) is 74.2 cm³/mol. The van der Waals surface area contributed by atoms with Crippen molar-refractivity contribution in [3.05, 3.63) is 32.3 Å². The van der Waals surface area contributed by atoms with Crippen LogP contribution in [-0.4, -0.2) is 24.6 Å². The van der Waals surface area contributed by atoms with Crippen molar-refractivity contribution in [3.8, 4) is 5.75 Å². The Hall–Kier alpha value is -1.14. The Labute approximate surface area is 115 Å². The van der Waals surface area contributed by atoms with Gasteiger partial charge in [-0.15, -0.1) is 0 Å². The van der Waals surface area contributed by atoms with Gasteiger partial charge in [0.05, 0.1) is 11.5 Å². The number of nitrogens with zero attached hydrogens (tertiary/aromatic N) is 1. The van der Waals surface area contributed by atoms with Gasteiger partial charge in [0.1, 0.15) is 0 Å². The van der Waals surface area contributed by atoms with E-state index >= 15 is 0 Å². The van der Waals surface area contributed by atoms with Crippen LogP contribution in [0.2, 0.25) is 0 Å². The van der Waals surface area contributed by atoms with Crippen LogP contribution in [0.3, 0.4) is 0 Å². The second kappa shape index (κ2) is 7.33. The molecule has 0 aromatic heterocycles. The van der Waals surface area contributed by atoms with Gasteiger partial charge in [-0.25, -0.2) is 0 Å². The fraction of sp³-hybridized carbons (Fsp3) is 0.500. The van der Waals surface area contributed by atoms with E-state index in [0.717, 1.165) is 25.1 Å². The van der Waals surface area contributed by atoms with E-state index in [1.54, 1.807) is 6.92 Å². The molecule has 1 N–H and O–H groups in total. The van der Waals surface area contributed by atoms with Crippen LogP contribution in [-0.2, 0) is 0 Å². The molecular weight excluding hydrogens is 300 g/mol. The van der Waals surface area contributed by atoms with Crippen molar-refractivity contribution >= 4 is 21.6 Å². The van der Waals surface area contributed by atoms with Gasteiger partial charge in [0.15, 0.2) is 5.75 Å². The minimum absolute atomic E-state index is 0.00493. The van der Waals surface area contributed by atoms with Crippen molar-refractivity contribution in [1.82, 2.24) is 5.32 Å². The van der Waals surface area contributed by atoms with E-state index in [9.17, 15) is 10.1 Å². The number of nitro groups is 1. The summed E-state index contributed by atoms with van der Waals surface area (Å²) in [4.78, 5) is 10.5. The van der Waals surface area contributed by atoms with Gasteiger partial charge in [-0.1, -0.05) is 22.9 Å². The SMILES string of the molecule is CCNCCCOc1c(C)cc(Br)cc1[N+](=O)[O-]. The molecule has 0 amide bonds. The van der Waals surface area contributed by atoms with E-state index in [1.807, 2.05) is 13.0 Å². The highest BCUT2D eigenvalue weighted by Gasteiger charge is 2.18. The number of nitrogens with one attached hydrogen (secondary N) is 1. The maximum Gasteiger partial charge on any atom is 0.312 e. The van der Waals surface area contributed by atoms with Crippen LogP contribution in [0.5, 0.6) is 5.75 Å². The van der Waals surface area contributed by atoms with E-state index in [-0.39, 0.29) is 5.69 Å². The topological polar surface area (TPSA) is 64.4 Å². The number of nitro benzene ring substituents is 1. The predicted octanol–water partition coefficient (Wildman–Crippen LogP) is 3.04. The molecule has 0 bridgehead atoms. The molecule has 18 heavy (non-hydrogen) atoms. The maximum atomic E-state index is 11.0. The van der Waals surface area contributed by atoms with Crippen molar-refractivity contribution < 1.29 is 9.66 Å². The molecular formula is C12H17BrN2O3. The van der Waals surface area contributed by atoms with Crippen LogP contribution in [0.25, 0.3) is 0 Å². The van der Waals surface area contributed by atoms with Crippen molar-refractivity contribution in [2.75, 3.05) is 19.7 Å². The molecule has 0 atom stereocenters. The first kappa shape index (κ1) is 14.9. The van der Waals surface area contributed by atoms with E-state index in [2.05, 4.69) is 21.2 Å². The van der Waals surface area contributed by atoms with Crippen LogP contribution in [0, 0.1) is 17.0 Å². The summed E-state index contributed by atoms with van der Waals surface area (Å²) in [6.45, 7) is 6.07. The molecule has 1 aromatic carbocycles.